The minimum atomic E-state index is 0.305. The molecule has 0 aromatic rings. The van der Waals surface area contributed by atoms with Crippen LogP contribution in [0.4, 0.5) is 0 Å². The van der Waals surface area contributed by atoms with Crippen molar-refractivity contribution in [3.63, 3.8) is 0 Å². The van der Waals surface area contributed by atoms with Gasteiger partial charge in [0.2, 0.25) is 0 Å². The van der Waals surface area contributed by atoms with Crippen molar-refractivity contribution in [1.29, 1.82) is 0 Å². The van der Waals surface area contributed by atoms with Gasteiger partial charge in [-0.1, -0.05) is 17.7 Å². The predicted molar refractivity (Wildman–Crippen MR) is 53.4 cm³/mol. The van der Waals surface area contributed by atoms with Crippen LogP contribution in [0.2, 0.25) is 0 Å². The molecule has 0 saturated heterocycles. The fourth-order valence-corrected chi connectivity index (χ4v) is 2.69. The molecule has 0 spiro atoms. The van der Waals surface area contributed by atoms with Gasteiger partial charge < -0.3 is 0 Å². The maximum atomic E-state index is 11.3. The summed E-state index contributed by atoms with van der Waals surface area (Å²) in [4.78, 5) is 11.3. The molecule has 0 radical (unpaired) electrons. The minimum absolute atomic E-state index is 0.305. The molecular formula is C12H16O. The van der Waals surface area contributed by atoms with Crippen LogP contribution in [0.25, 0.3) is 0 Å². The van der Waals surface area contributed by atoms with Gasteiger partial charge in [-0.2, -0.15) is 0 Å². The van der Waals surface area contributed by atoms with Crippen molar-refractivity contribution in [2.45, 2.75) is 32.6 Å². The zero-order chi connectivity index (χ0) is 9.42. The molecule has 2 aliphatic rings. The zero-order valence-corrected chi connectivity index (χ0v) is 8.18. The molecule has 1 saturated carbocycles. The van der Waals surface area contributed by atoms with Crippen molar-refractivity contribution in [2.24, 2.45) is 11.8 Å². The van der Waals surface area contributed by atoms with Gasteiger partial charge in [0, 0.05) is 6.42 Å². The summed E-state index contributed by atoms with van der Waals surface area (Å²) in [7, 11) is 0. The number of carbonyl (C=O) groups excluding carboxylic acids is 1. The lowest BCUT2D eigenvalue weighted by Crippen LogP contribution is -2.08. The number of fused-ring (bicyclic) bond motifs is 1. The molecule has 2 aliphatic carbocycles. The number of allylic oxidation sites excluding steroid dienone is 3. The van der Waals surface area contributed by atoms with E-state index in [0.717, 1.165) is 19.3 Å². The van der Waals surface area contributed by atoms with Gasteiger partial charge in [0.05, 0.1) is 0 Å². The molecule has 0 amide bonds. The Bertz CT molecular complexity index is 285. The SMILES string of the molecule is C=C1CC[C@@H]2C(C)=CC(=O)CC[C@@H]12. The predicted octanol–water partition coefficient (Wildman–Crippen LogP) is 2.88. The Labute approximate surface area is 79.5 Å². The Kier molecular flexibility index (Phi) is 2.10. The fourth-order valence-electron chi connectivity index (χ4n) is 2.69. The molecule has 0 bridgehead atoms. The third-order valence-corrected chi connectivity index (χ3v) is 3.46. The Hall–Kier alpha value is -0.850. The van der Waals surface area contributed by atoms with E-state index >= 15 is 0 Å². The largest absolute Gasteiger partial charge is 0.295 e. The van der Waals surface area contributed by atoms with E-state index in [0.29, 0.717) is 17.6 Å². The highest BCUT2D eigenvalue weighted by molar-refractivity contribution is 5.90. The van der Waals surface area contributed by atoms with Crippen LogP contribution in [0, 0.1) is 11.8 Å². The monoisotopic (exact) mass is 176 g/mol. The normalized spacial score (nSPS) is 34.1. The van der Waals surface area contributed by atoms with Crippen molar-refractivity contribution in [3.05, 3.63) is 23.8 Å². The molecular weight excluding hydrogens is 160 g/mol. The maximum absolute atomic E-state index is 11.3. The van der Waals surface area contributed by atoms with Crippen molar-refractivity contribution < 1.29 is 4.79 Å². The van der Waals surface area contributed by atoms with E-state index in [9.17, 15) is 4.79 Å². The third-order valence-electron chi connectivity index (χ3n) is 3.46. The van der Waals surface area contributed by atoms with Crippen molar-refractivity contribution in [1.82, 2.24) is 0 Å². The van der Waals surface area contributed by atoms with Crippen LogP contribution in [0.3, 0.4) is 0 Å². The zero-order valence-electron chi connectivity index (χ0n) is 8.18. The summed E-state index contributed by atoms with van der Waals surface area (Å²) in [5.41, 5.74) is 2.65. The van der Waals surface area contributed by atoms with E-state index in [2.05, 4.69) is 13.5 Å². The Balaban J connectivity index is 2.28. The van der Waals surface area contributed by atoms with Gasteiger partial charge >= 0.3 is 0 Å². The van der Waals surface area contributed by atoms with Crippen LogP contribution >= 0.6 is 0 Å². The second-order valence-electron chi connectivity index (χ2n) is 4.30. The Morgan fingerprint density at radius 1 is 1.31 bits per heavy atom. The first-order chi connectivity index (χ1) is 6.18. The van der Waals surface area contributed by atoms with Gasteiger partial charge in [-0.3, -0.25) is 4.79 Å². The van der Waals surface area contributed by atoms with Crippen molar-refractivity contribution in [2.75, 3.05) is 0 Å². The van der Waals surface area contributed by atoms with E-state index in [4.69, 9.17) is 0 Å². The summed E-state index contributed by atoms with van der Waals surface area (Å²) in [6.07, 6.45) is 5.96. The molecule has 2 atom stereocenters. The minimum Gasteiger partial charge on any atom is -0.295 e. The first kappa shape index (κ1) is 8.74. The van der Waals surface area contributed by atoms with Gasteiger partial charge in [0.15, 0.2) is 5.78 Å². The lowest BCUT2D eigenvalue weighted by molar-refractivity contribution is -0.114. The summed E-state index contributed by atoms with van der Waals surface area (Å²) in [5, 5.41) is 0. The van der Waals surface area contributed by atoms with Gasteiger partial charge in [-0.25, -0.2) is 0 Å². The first-order valence-corrected chi connectivity index (χ1v) is 5.07. The molecule has 0 aromatic carbocycles. The number of ketones is 1. The first-order valence-electron chi connectivity index (χ1n) is 5.07. The standard InChI is InChI=1S/C12H16O/c1-8-3-5-12-9(2)7-10(13)4-6-11(8)12/h7,11-12H,1,3-6H2,2H3/t11-,12+/m0/s1. The summed E-state index contributed by atoms with van der Waals surface area (Å²) < 4.78 is 0. The summed E-state index contributed by atoms with van der Waals surface area (Å²) in [6.45, 7) is 6.20. The van der Waals surface area contributed by atoms with E-state index in [-0.39, 0.29) is 0 Å². The molecule has 2 rings (SSSR count). The average Bonchev–Trinajstić information content (AvgIpc) is 2.36. The molecule has 0 aromatic heterocycles. The molecule has 0 N–H and O–H groups in total. The molecule has 1 nitrogen and oxygen atoms in total. The highest BCUT2D eigenvalue weighted by Gasteiger charge is 2.33. The van der Waals surface area contributed by atoms with Gasteiger partial charge in [0.1, 0.15) is 0 Å². The number of carbonyl (C=O) groups is 1. The van der Waals surface area contributed by atoms with E-state index in [1.807, 2.05) is 6.08 Å². The Morgan fingerprint density at radius 2 is 2.00 bits per heavy atom. The van der Waals surface area contributed by atoms with Crippen LogP contribution in [0.5, 0.6) is 0 Å². The second kappa shape index (κ2) is 3.13. The topological polar surface area (TPSA) is 17.1 Å². The summed E-state index contributed by atoms with van der Waals surface area (Å²) in [6, 6.07) is 0. The van der Waals surface area contributed by atoms with Crippen LogP contribution < -0.4 is 0 Å². The lowest BCUT2D eigenvalue weighted by atomic mass is 9.87. The summed E-state index contributed by atoms with van der Waals surface area (Å²) >= 11 is 0. The maximum Gasteiger partial charge on any atom is 0.155 e. The molecule has 0 unspecified atom stereocenters. The molecule has 1 fully saturated rings. The number of hydrogen-bond acceptors (Lipinski definition) is 1. The molecule has 13 heavy (non-hydrogen) atoms. The van der Waals surface area contributed by atoms with Crippen LogP contribution in [-0.4, -0.2) is 5.78 Å². The van der Waals surface area contributed by atoms with E-state index < -0.39 is 0 Å². The lowest BCUT2D eigenvalue weighted by Gasteiger charge is -2.17. The quantitative estimate of drug-likeness (QED) is 0.519. The Morgan fingerprint density at radius 3 is 2.77 bits per heavy atom. The van der Waals surface area contributed by atoms with Crippen LogP contribution in [-0.2, 0) is 4.79 Å². The number of hydrogen-bond donors (Lipinski definition) is 0. The number of rotatable bonds is 0. The van der Waals surface area contributed by atoms with Crippen LogP contribution in [0.1, 0.15) is 32.6 Å². The highest BCUT2D eigenvalue weighted by atomic mass is 16.1. The van der Waals surface area contributed by atoms with E-state index in [1.165, 1.54) is 17.6 Å². The van der Waals surface area contributed by atoms with Crippen molar-refractivity contribution in [3.8, 4) is 0 Å². The van der Waals surface area contributed by atoms with E-state index in [1.54, 1.807) is 0 Å². The highest BCUT2D eigenvalue weighted by Crippen LogP contribution is 2.43. The fraction of sp³-hybridized carbons (Fsp3) is 0.583. The van der Waals surface area contributed by atoms with Gasteiger partial charge in [0.25, 0.3) is 0 Å². The van der Waals surface area contributed by atoms with Crippen LogP contribution in [0.15, 0.2) is 23.8 Å². The second-order valence-corrected chi connectivity index (χ2v) is 4.30. The average molecular weight is 176 g/mol. The van der Waals surface area contributed by atoms with Gasteiger partial charge in [-0.05, 0) is 44.1 Å². The molecule has 1 heteroatoms. The van der Waals surface area contributed by atoms with Crippen molar-refractivity contribution >= 4 is 5.78 Å². The van der Waals surface area contributed by atoms with Gasteiger partial charge in [-0.15, -0.1) is 0 Å². The third kappa shape index (κ3) is 1.48. The molecule has 70 valence electrons. The molecule has 0 heterocycles. The molecule has 0 aliphatic heterocycles. The summed E-state index contributed by atoms with van der Waals surface area (Å²) in [5.74, 6) is 1.53. The smallest absolute Gasteiger partial charge is 0.155 e.